The van der Waals surface area contributed by atoms with E-state index in [9.17, 15) is 4.79 Å². The third kappa shape index (κ3) is 4.43. The van der Waals surface area contributed by atoms with E-state index in [1.807, 2.05) is 42.5 Å². The summed E-state index contributed by atoms with van der Waals surface area (Å²) >= 11 is 1.55. The van der Waals surface area contributed by atoms with Crippen molar-refractivity contribution in [3.05, 3.63) is 52.7 Å². The topological polar surface area (TPSA) is 77.2 Å². The Morgan fingerprint density at radius 2 is 2.22 bits per heavy atom. The Morgan fingerprint density at radius 1 is 1.33 bits per heavy atom. The van der Waals surface area contributed by atoms with Crippen molar-refractivity contribution in [2.24, 2.45) is 5.92 Å². The molecule has 1 amide bonds. The first-order valence-electron chi connectivity index (χ1n) is 8.74. The van der Waals surface area contributed by atoms with E-state index >= 15 is 0 Å². The van der Waals surface area contributed by atoms with E-state index < -0.39 is 0 Å². The molecule has 0 atom stereocenters. The van der Waals surface area contributed by atoms with Gasteiger partial charge in [-0.2, -0.15) is 4.98 Å². The Morgan fingerprint density at radius 3 is 3.04 bits per heavy atom. The van der Waals surface area contributed by atoms with E-state index in [0.29, 0.717) is 18.3 Å². The maximum atomic E-state index is 11.7. The Kier molecular flexibility index (Phi) is 5.02. The van der Waals surface area contributed by atoms with Crippen LogP contribution in [0.2, 0.25) is 0 Å². The maximum Gasteiger partial charge on any atom is 0.250 e. The summed E-state index contributed by atoms with van der Waals surface area (Å²) in [6.45, 7) is 0.542. The number of nitrogens with zero attached hydrogens (tertiary/aromatic N) is 2. The summed E-state index contributed by atoms with van der Waals surface area (Å²) in [5, 5.41) is 7.00. The summed E-state index contributed by atoms with van der Waals surface area (Å²) in [7, 11) is 1.64. The zero-order chi connectivity index (χ0) is 18.6. The number of hydrogen-bond acceptors (Lipinski definition) is 6. The first-order valence-corrected chi connectivity index (χ1v) is 9.55. The van der Waals surface area contributed by atoms with Crippen LogP contribution in [-0.4, -0.2) is 23.2 Å². The number of hydrogen-bond donors (Lipinski definition) is 1. The first kappa shape index (κ1) is 17.5. The molecule has 138 valence electrons. The van der Waals surface area contributed by atoms with E-state index in [1.165, 1.54) is 0 Å². The lowest BCUT2D eigenvalue weighted by Gasteiger charge is -2.00. The minimum absolute atomic E-state index is 0.148. The van der Waals surface area contributed by atoms with Crippen molar-refractivity contribution in [3.8, 4) is 16.5 Å². The minimum Gasteiger partial charge on any atom is -0.497 e. The second-order valence-electron chi connectivity index (χ2n) is 6.32. The zero-order valence-corrected chi connectivity index (χ0v) is 15.7. The Hall–Kier alpha value is -2.93. The Bertz CT molecular complexity index is 972. The van der Waals surface area contributed by atoms with E-state index in [4.69, 9.17) is 9.26 Å². The van der Waals surface area contributed by atoms with Crippen LogP contribution in [0.3, 0.4) is 0 Å². The summed E-state index contributed by atoms with van der Waals surface area (Å²) in [4.78, 5) is 18.1. The van der Waals surface area contributed by atoms with Gasteiger partial charge < -0.3 is 14.6 Å². The summed E-state index contributed by atoms with van der Waals surface area (Å²) < 4.78 is 10.5. The Balaban J connectivity index is 1.40. The summed E-state index contributed by atoms with van der Waals surface area (Å²) in [6, 6.07) is 11.6. The number of amides is 1. The lowest BCUT2D eigenvalue weighted by atomic mass is 10.2. The van der Waals surface area contributed by atoms with Crippen LogP contribution < -0.4 is 10.1 Å². The van der Waals surface area contributed by atoms with Crippen LogP contribution in [0.5, 0.6) is 5.75 Å². The van der Waals surface area contributed by atoms with Gasteiger partial charge in [0, 0.05) is 16.9 Å². The predicted octanol–water partition coefficient (Wildman–Crippen LogP) is 4.00. The summed E-state index contributed by atoms with van der Waals surface area (Å²) in [5.74, 6) is 2.15. The fourth-order valence-corrected chi connectivity index (χ4v) is 3.45. The van der Waals surface area contributed by atoms with Crippen molar-refractivity contribution < 1.29 is 14.1 Å². The van der Waals surface area contributed by atoms with Crippen LogP contribution in [0.1, 0.15) is 29.2 Å². The molecule has 1 aliphatic carbocycles. The molecule has 1 aliphatic rings. The van der Waals surface area contributed by atoms with Gasteiger partial charge in [0.2, 0.25) is 11.7 Å². The first-order chi connectivity index (χ1) is 13.2. The number of ether oxygens (including phenoxy) is 1. The molecule has 0 radical (unpaired) electrons. The molecular formula is C20H19N3O3S. The monoisotopic (exact) mass is 381 g/mol. The molecule has 0 bridgehead atoms. The standard InChI is InChI=1S/C20H19N3O3S/c1-25-15-4-2-3-13(11-15)5-10-18-22-19(23-26-18)17-9-8-16(27-17)12-21-20(24)14-6-7-14/h2-5,8-11,14H,6-7,12H2,1H3,(H,21,24)/b10-5+. The van der Waals surface area contributed by atoms with Gasteiger partial charge in [0.05, 0.1) is 18.5 Å². The highest BCUT2D eigenvalue weighted by Gasteiger charge is 2.29. The highest BCUT2D eigenvalue weighted by atomic mass is 32.1. The molecule has 2 heterocycles. The van der Waals surface area contributed by atoms with Crippen LogP contribution in [0.15, 0.2) is 40.9 Å². The van der Waals surface area contributed by atoms with E-state index in [-0.39, 0.29) is 11.8 Å². The van der Waals surface area contributed by atoms with E-state index in [2.05, 4.69) is 15.5 Å². The molecule has 1 fully saturated rings. The highest BCUT2D eigenvalue weighted by molar-refractivity contribution is 7.15. The number of aromatic nitrogens is 2. The normalized spacial score (nSPS) is 13.8. The van der Waals surface area contributed by atoms with Gasteiger partial charge >= 0.3 is 0 Å². The number of rotatable bonds is 7. The van der Waals surface area contributed by atoms with Crippen LogP contribution in [0.4, 0.5) is 0 Å². The molecule has 1 aromatic carbocycles. The number of nitrogens with one attached hydrogen (secondary N) is 1. The van der Waals surface area contributed by atoms with Gasteiger partial charge in [-0.15, -0.1) is 11.3 Å². The third-order valence-corrected chi connectivity index (χ3v) is 5.30. The van der Waals surface area contributed by atoms with Gasteiger partial charge in [-0.25, -0.2) is 0 Å². The Labute approximate surface area is 160 Å². The number of methoxy groups -OCH3 is 1. The fraction of sp³-hybridized carbons (Fsp3) is 0.250. The number of carbonyl (C=O) groups is 1. The molecule has 0 spiro atoms. The van der Waals surface area contributed by atoms with Crippen molar-refractivity contribution in [1.82, 2.24) is 15.5 Å². The molecule has 2 aromatic heterocycles. The smallest absolute Gasteiger partial charge is 0.250 e. The fourth-order valence-electron chi connectivity index (χ4n) is 2.57. The van der Waals surface area contributed by atoms with E-state index in [0.717, 1.165) is 33.9 Å². The van der Waals surface area contributed by atoms with Crippen LogP contribution in [0.25, 0.3) is 22.9 Å². The van der Waals surface area contributed by atoms with Crippen molar-refractivity contribution >= 4 is 29.4 Å². The lowest BCUT2D eigenvalue weighted by molar-refractivity contribution is -0.122. The SMILES string of the molecule is COc1cccc(/C=C/c2nc(-c3ccc(CNC(=O)C4CC4)s3)no2)c1. The average molecular weight is 381 g/mol. The van der Waals surface area contributed by atoms with Crippen molar-refractivity contribution in [1.29, 1.82) is 0 Å². The van der Waals surface area contributed by atoms with Crippen LogP contribution >= 0.6 is 11.3 Å². The second kappa shape index (κ2) is 7.75. The molecule has 0 unspecified atom stereocenters. The number of benzene rings is 1. The largest absolute Gasteiger partial charge is 0.497 e. The average Bonchev–Trinajstić information content (AvgIpc) is 3.26. The third-order valence-electron chi connectivity index (χ3n) is 4.22. The van der Waals surface area contributed by atoms with Gasteiger partial charge in [-0.1, -0.05) is 17.3 Å². The minimum atomic E-state index is 0.148. The lowest BCUT2D eigenvalue weighted by Crippen LogP contribution is -2.23. The molecule has 0 aliphatic heterocycles. The van der Waals surface area contributed by atoms with Gasteiger partial charge in [-0.3, -0.25) is 4.79 Å². The summed E-state index contributed by atoms with van der Waals surface area (Å²) in [6.07, 6.45) is 5.69. The molecule has 6 nitrogen and oxygen atoms in total. The van der Waals surface area contributed by atoms with Gasteiger partial charge in [0.1, 0.15) is 5.75 Å². The molecule has 1 N–H and O–H groups in total. The van der Waals surface area contributed by atoms with Crippen molar-refractivity contribution in [2.75, 3.05) is 7.11 Å². The molecule has 27 heavy (non-hydrogen) atoms. The van der Waals surface area contributed by atoms with Crippen LogP contribution in [0, 0.1) is 5.92 Å². The molecule has 1 saturated carbocycles. The van der Waals surface area contributed by atoms with Crippen molar-refractivity contribution in [2.45, 2.75) is 19.4 Å². The number of thiophene rings is 1. The molecular weight excluding hydrogens is 362 g/mol. The van der Waals surface area contributed by atoms with Gasteiger partial charge in [0.15, 0.2) is 0 Å². The van der Waals surface area contributed by atoms with Crippen LogP contribution in [-0.2, 0) is 11.3 Å². The van der Waals surface area contributed by atoms with Crippen molar-refractivity contribution in [3.63, 3.8) is 0 Å². The summed E-state index contributed by atoms with van der Waals surface area (Å²) in [5.41, 5.74) is 0.985. The second-order valence-corrected chi connectivity index (χ2v) is 7.49. The van der Waals surface area contributed by atoms with Gasteiger partial charge in [-0.05, 0) is 48.7 Å². The number of carbonyl (C=O) groups excluding carboxylic acids is 1. The zero-order valence-electron chi connectivity index (χ0n) is 14.8. The molecule has 3 aromatic rings. The highest BCUT2D eigenvalue weighted by Crippen LogP contribution is 2.30. The van der Waals surface area contributed by atoms with Gasteiger partial charge in [0.25, 0.3) is 5.89 Å². The molecule has 7 heteroatoms. The van der Waals surface area contributed by atoms with E-state index in [1.54, 1.807) is 24.5 Å². The quantitative estimate of drug-likeness (QED) is 0.669. The molecule has 4 rings (SSSR count). The maximum absolute atomic E-state index is 11.7. The molecule has 0 saturated heterocycles. The predicted molar refractivity (Wildman–Crippen MR) is 104 cm³/mol.